The third-order valence-corrected chi connectivity index (χ3v) is 5.11. The number of aliphatic hydroxyl groups is 1. The first-order valence-electron chi connectivity index (χ1n) is 8.53. The van der Waals surface area contributed by atoms with Crippen molar-refractivity contribution in [1.82, 2.24) is 15.1 Å². The smallest absolute Gasteiger partial charge is 0.317 e. The van der Waals surface area contributed by atoms with Crippen molar-refractivity contribution in [2.75, 3.05) is 26.7 Å². The Hall–Kier alpha value is -1.34. The van der Waals surface area contributed by atoms with Crippen molar-refractivity contribution in [2.24, 2.45) is 0 Å². The van der Waals surface area contributed by atoms with E-state index in [1.807, 2.05) is 11.8 Å². The number of carbonyl (C=O) groups is 2. The average molecular weight is 327 g/mol. The number of rotatable bonds is 7. The summed E-state index contributed by atoms with van der Waals surface area (Å²) in [5.41, 5.74) is -0.727. The normalized spacial score (nSPS) is 25.9. The average Bonchev–Trinajstić information content (AvgIpc) is 2.86. The molecule has 0 bridgehead atoms. The number of aliphatic carboxylic acids is 1. The van der Waals surface area contributed by atoms with Gasteiger partial charge in [0.1, 0.15) is 0 Å². The van der Waals surface area contributed by atoms with Crippen LogP contribution in [0, 0.1) is 0 Å². The number of hydrogen-bond acceptors (Lipinski definition) is 4. The summed E-state index contributed by atoms with van der Waals surface area (Å²) >= 11 is 0. The Kier molecular flexibility index (Phi) is 5.86. The van der Waals surface area contributed by atoms with Gasteiger partial charge in [-0.2, -0.15) is 0 Å². The summed E-state index contributed by atoms with van der Waals surface area (Å²) in [6.45, 7) is 3.07. The number of carbonyl (C=O) groups excluding carboxylic acids is 1. The number of nitrogens with one attached hydrogen (secondary N) is 1. The highest BCUT2D eigenvalue weighted by Gasteiger charge is 2.37. The quantitative estimate of drug-likeness (QED) is 0.645. The molecule has 0 unspecified atom stereocenters. The van der Waals surface area contributed by atoms with Crippen LogP contribution in [0.2, 0.25) is 0 Å². The third kappa shape index (κ3) is 4.81. The molecule has 3 N–H and O–H groups in total. The van der Waals surface area contributed by atoms with Gasteiger partial charge in [-0.3, -0.25) is 9.69 Å². The predicted octanol–water partition coefficient (Wildman–Crippen LogP) is 0.870. The first-order chi connectivity index (χ1) is 10.8. The molecule has 2 aliphatic carbocycles. The zero-order valence-corrected chi connectivity index (χ0v) is 14.1. The Balaban J connectivity index is 1.71. The monoisotopic (exact) mass is 327 g/mol. The molecule has 2 saturated carbocycles. The molecule has 2 fully saturated rings. The second kappa shape index (κ2) is 7.49. The fourth-order valence-electron chi connectivity index (χ4n) is 3.67. The van der Waals surface area contributed by atoms with E-state index in [0.29, 0.717) is 13.1 Å². The second-order valence-electron chi connectivity index (χ2n) is 7.02. The highest BCUT2D eigenvalue weighted by Crippen LogP contribution is 2.30. The van der Waals surface area contributed by atoms with Crippen molar-refractivity contribution in [3.05, 3.63) is 0 Å². The van der Waals surface area contributed by atoms with E-state index >= 15 is 0 Å². The van der Waals surface area contributed by atoms with Gasteiger partial charge < -0.3 is 20.4 Å². The van der Waals surface area contributed by atoms with E-state index in [9.17, 15) is 14.7 Å². The lowest BCUT2D eigenvalue weighted by Crippen LogP contribution is -2.57. The van der Waals surface area contributed by atoms with Crippen molar-refractivity contribution in [2.45, 2.75) is 63.1 Å². The molecule has 0 aliphatic heterocycles. The Morgan fingerprint density at radius 1 is 1.26 bits per heavy atom. The zero-order chi connectivity index (χ0) is 17.0. The van der Waals surface area contributed by atoms with E-state index in [2.05, 4.69) is 5.32 Å². The Morgan fingerprint density at radius 3 is 2.39 bits per heavy atom. The van der Waals surface area contributed by atoms with Crippen LogP contribution >= 0.6 is 0 Å². The number of urea groups is 1. The van der Waals surface area contributed by atoms with Crippen LogP contribution in [0.4, 0.5) is 4.79 Å². The number of nitrogens with zero attached hydrogens (tertiary/aromatic N) is 2. The van der Waals surface area contributed by atoms with Gasteiger partial charge in [0.2, 0.25) is 0 Å². The lowest BCUT2D eigenvalue weighted by molar-refractivity contribution is -0.139. The van der Waals surface area contributed by atoms with E-state index in [-0.39, 0.29) is 24.7 Å². The first kappa shape index (κ1) is 18.0. The van der Waals surface area contributed by atoms with Gasteiger partial charge in [-0.25, -0.2) is 4.79 Å². The fraction of sp³-hybridized carbons (Fsp3) is 0.875. The van der Waals surface area contributed by atoms with Gasteiger partial charge in [-0.1, -0.05) is 19.8 Å². The van der Waals surface area contributed by atoms with E-state index in [4.69, 9.17) is 5.11 Å². The minimum Gasteiger partial charge on any atom is -0.480 e. The largest absolute Gasteiger partial charge is 0.480 e. The van der Waals surface area contributed by atoms with Gasteiger partial charge in [-0.15, -0.1) is 0 Å². The van der Waals surface area contributed by atoms with Crippen molar-refractivity contribution in [3.63, 3.8) is 0 Å². The number of amides is 2. The molecule has 132 valence electrons. The number of hydrogen-bond donors (Lipinski definition) is 3. The maximum Gasteiger partial charge on any atom is 0.317 e. The van der Waals surface area contributed by atoms with Crippen LogP contribution in [-0.4, -0.2) is 76.4 Å². The lowest BCUT2D eigenvalue weighted by Gasteiger charge is -2.42. The molecule has 7 heteroatoms. The molecular formula is C16H29N3O4. The number of likely N-dealkylation sites (N-methyl/N-ethyl adjacent to an activating group) is 2. The summed E-state index contributed by atoms with van der Waals surface area (Å²) in [6.07, 6.45) is 5.13. The van der Waals surface area contributed by atoms with Gasteiger partial charge in [0.15, 0.2) is 0 Å². The Bertz CT molecular complexity index is 431. The lowest BCUT2D eigenvalue weighted by atomic mass is 9.85. The van der Waals surface area contributed by atoms with Crippen molar-refractivity contribution >= 4 is 12.0 Å². The topological polar surface area (TPSA) is 93.1 Å². The highest BCUT2D eigenvalue weighted by molar-refractivity contribution is 5.74. The van der Waals surface area contributed by atoms with E-state index in [0.717, 1.165) is 38.5 Å². The maximum absolute atomic E-state index is 12.2. The summed E-state index contributed by atoms with van der Waals surface area (Å²) < 4.78 is 0. The van der Waals surface area contributed by atoms with Gasteiger partial charge in [0.05, 0.1) is 18.7 Å². The van der Waals surface area contributed by atoms with Crippen molar-refractivity contribution in [1.29, 1.82) is 0 Å². The molecule has 2 amide bonds. The van der Waals surface area contributed by atoms with Crippen LogP contribution < -0.4 is 5.32 Å². The van der Waals surface area contributed by atoms with Crippen molar-refractivity contribution in [3.8, 4) is 0 Å². The molecule has 0 heterocycles. The SMILES string of the molecule is CCN(CC(=O)O)C1CC(NC(=O)N(C)CC2(O)CCCC2)C1. The summed E-state index contributed by atoms with van der Waals surface area (Å²) in [6, 6.07) is 0.164. The molecule has 0 spiro atoms. The summed E-state index contributed by atoms with van der Waals surface area (Å²) in [5, 5.41) is 22.2. The Morgan fingerprint density at radius 2 is 1.87 bits per heavy atom. The molecule has 0 saturated heterocycles. The Labute approximate surface area is 137 Å². The fourth-order valence-corrected chi connectivity index (χ4v) is 3.67. The molecule has 0 aromatic heterocycles. The van der Waals surface area contributed by atoms with E-state index < -0.39 is 11.6 Å². The molecule has 0 aromatic carbocycles. The van der Waals surface area contributed by atoms with Crippen LogP contribution in [0.25, 0.3) is 0 Å². The van der Waals surface area contributed by atoms with Gasteiger partial charge in [-0.05, 0) is 32.2 Å². The van der Waals surface area contributed by atoms with Crippen LogP contribution in [0.1, 0.15) is 45.4 Å². The molecular weight excluding hydrogens is 298 g/mol. The number of carboxylic acids is 1. The van der Waals surface area contributed by atoms with Gasteiger partial charge >= 0.3 is 12.0 Å². The molecule has 0 radical (unpaired) electrons. The first-order valence-corrected chi connectivity index (χ1v) is 8.53. The minimum absolute atomic E-state index is 0.0504. The maximum atomic E-state index is 12.2. The second-order valence-corrected chi connectivity index (χ2v) is 7.02. The minimum atomic E-state index is -0.816. The predicted molar refractivity (Wildman–Crippen MR) is 86.3 cm³/mol. The summed E-state index contributed by atoms with van der Waals surface area (Å²) in [7, 11) is 1.71. The van der Waals surface area contributed by atoms with E-state index in [1.165, 1.54) is 0 Å². The van der Waals surface area contributed by atoms with Crippen LogP contribution in [0.3, 0.4) is 0 Å². The molecule has 7 nitrogen and oxygen atoms in total. The van der Waals surface area contributed by atoms with Crippen molar-refractivity contribution < 1.29 is 19.8 Å². The molecule has 2 aliphatic rings. The molecule has 0 aromatic rings. The standard InChI is InChI=1S/C16H29N3O4/c1-3-19(10-14(20)21)13-8-12(9-13)17-15(22)18(2)11-16(23)6-4-5-7-16/h12-13,23H,3-11H2,1-2H3,(H,17,22)(H,20,21). The van der Waals surface area contributed by atoms with Crippen LogP contribution in [-0.2, 0) is 4.79 Å². The van der Waals surface area contributed by atoms with Crippen LogP contribution in [0.15, 0.2) is 0 Å². The van der Waals surface area contributed by atoms with E-state index in [1.54, 1.807) is 11.9 Å². The van der Waals surface area contributed by atoms with Gasteiger partial charge in [0, 0.05) is 19.1 Å². The molecule has 2 rings (SSSR count). The highest BCUT2D eigenvalue weighted by atomic mass is 16.4. The molecule has 23 heavy (non-hydrogen) atoms. The van der Waals surface area contributed by atoms with Gasteiger partial charge in [0.25, 0.3) is 0 Å². The molecule has 0 atom stereocenters. The zero-order valence-electron chi connectivity index (χ0n) is 14.1. The van der Waals surface area contributed by atoms with Crippen LogP contribution in [0.5, 0.6) is 0 Å². The third-order valence-electron chi connectivity index (χ3n) is 5.11. The summed E-state index contributed by atoms with van der Waals surface area (Å²) in [5.74, 6) is -0.816. The number of carboxylic acid groups (broad SMARTS) is 1. The summed E-state index contributed by atoms with van der Waals surface area (Å²) in [4.78, 5) is 26.5.